The van der Waals surface area contributed by atoms with E-state index in [0.29, 0.717) is 6.42 Å². The van der Waals surface area contributed by atoms with E-state index in [1.54, 1.807) is 6.92 Å². The number of aliphatic carboxylic acids is 1. The fourth-order valence-corrected chi connectivity index (χ4v) is 1.74. The highest BCUT2D eigenvalue weighted by Crippen LogP contribution is 2.19. The number of carboxylic acids is 1. The Morgan fingerprint density at radius 3 is 2.58 bits per heavy atom. The van der Waals surface area contributed by atoms with E-state index in [1.807, 2.05) is 44.2 Å². The van der Waals surface area contributed by atoms with Gasteiger partial charge in [-0.1, -0.05) is 50.1 Å². The number of carboxylic acid groups (broad SMARTS) is 1. The van der Waals surface area contributed by atoms with Crippen molar-refractivity contribution in [1.82, 2.24) is 5.48 Å². The van der Waals surface area contributed by atoms with Crippen molar-refractivity contribution in [2.24, 2.45) is 0 Å². The van der Waals surface area contributed by atoms with E-state index in [1.165, 1.54) is 0 Å². The Kier molecular flexibility index (Phi) is 5.99. The number of unbranched alkanes of at least 4 members (excludes halogenated alkanes) is 1. The standard InChI is InChI=1S/C15H23NO3/c1-4-5-11-15(3,14(17)18)16-19-12(2)13-9-7-6-8-10-13/h6-10,12,16H,4-5,11H2,1-3H3,(H,17,18). The molecule has 0 aliphatic carbocycles. The van der Waals surface area contributed by atoms with Gasteiger partial charge in [-0.15, -0.1) is 0 Å². The van der Waals surface area contributed by atoms with E-state index in [0.717, 1.165) is 18.4 Å². The lowest BCUT2D eigenvalue weighted by atomic mass is 9.96. The number of hydrogen-bond donors (Lipinski definition) is 2. The van der Waals surface area contributed by atoms with Crippen LogP contribution in [0.2, 0.25) is 0 Å². The summed E-state index contributed by atoms with van der Waals surface area (Å²) in [4.78, 5) is 16.9. The number of hydroxylamine groups is 1. The molecule has 0 saturated heterocycles. The minimum absolute atomic E-state index is 0.193. The van der Waals surface area contributed by atoms with Gasteiger partial charge in [-0.05, 0) is 25.8 Å². The Balaban J connectivity index is 2.59. The topological polar surface area (TPSA) is 58.6 Å². The van der Waals surface area contributed by atoms with Gasteiger partial charge < -0.3 is 5.11 Å². The molecular weight excluding hydrogens is 242 g/mol. The van der Waals surface area contributed by atoms with Crippen molar-refractivity contribution < 1.29 is 14.7 Å². The third kappa shape index (κ3) is 4.65. The number of rotatable bonds is 8. The smallest absolute Gasteiger partial charge is 0.325 e. The molecule has 2 N–H and O–H groups in total. The molecule has 2 unspecified atom stereocenters. The normalized spacial score (nSPS) is 15.7. The summed E-state index contributed by atoms with van der Waals surface area (Å²) in [5.74, 6) is -0.888. The summed E-state index contributed by atoms with van der Waals surface area (Å²) in [6, 6.07) is 9.71. The molecule has 1 aromatic carbocycles. The lowest BCUT2D eigenvalue weighted by molar-refractivity contribution is -0.156. The van der Waals surface area contributed by atoms with Gasteiger partial charge in [0, 0.05) is 0 Å². The Labute approximate surface area is 114 Å². The first-order valence-electron chi connectivity index (χ1n) is 6.70. The van der Waals surface area contributed by atoms with Crippen LogP contribution in [0.15, 0.2) is 30.3 Å². The molecule has 2 atom stereocenters. The maximum Gasteiger partial charge on any atom is 0.325 e. The first-order valence-corrected chi connectivity index (χ1v) is 6.70. The molecule has 4 nitrogen and oxygen atoms in total. The van der Waals surface area contributed by atoms with Crippen LogP contribution in [-0.4, -0.2) is 16.6 Å². The van der Waals surface area contributed by atoms with Crippen molar-refractivity contribution >= 4 is 5.97 Å². The van der Waals surface area contributed by atoms with Crippen molar-refractivity contribution in [2.75, 3.05) is 0 Å². The van der Waals surface area contributed by atoms with Gasteiger partial charge in [0.1, 0.15) is 11.6 Å². The summed E-state index contributed by atoms with van der Waals surface area (Å²) in [5.41, 5.74) is 2.70. The highest BCUT2D eigenvalue weighted by molar-refractivity contribution is 5.77. The van der Waals surface area contributed by atoms with Gasteiger partial charge >= 0.3 is 5.97 Å². The fraction of sp³-hybridized carbons (Fsp3) is 0.533. The Hall–Kier alpha value is -1.39. The molecular formula is C15H23NO3. The predicted molar refractivity (Wildman–Crippen MR) is 74.6 cm³/mol. The monoisotopic (exact) mass is 265 g/mol. The van der Waals surface area contributed by atoms with Crippen molar-refractivity contribution in [3.8, 4) is 0 Å². The van der Waals surface area contributed by atoms with Crippen LogP contribution in [0.25, 0.3) is 0 Å². The van der Waals surface area contributed by atoms with E-state index in [2.05, 4.69) is 5.48 Å². The second-order valence-corrected chi connectivity index (χ2v) is 5.01. The average molecular weight is 265 g/mol. The largest absolute Gasteiger partial charge is 0.480 e. The number of hydrogen-bond acceptors (Lipinski definition) is 3. The maximum atomic E-state index is 11.3. The van der Waals surface area contributed by atoms with Gasteiger partial charge in [0.25, 0.3) is 0 Å². The first-order chi connectivity index (χ1) is 8.99. The number of carbonyl (C=O) groups is 1. The molecule has 0 amide bonds. The van der Waals surface area contributed by atoms with Crippen molar-refractivity contribution in [3.63, 3.8) is 0 Å². The molecule has 0 radical (unpaired) electrons. The lowest BCUT2D eigenvalue weighted by Gasteiger charge is -2.27. The van der Waals surface area contributed by atoms with Crippen molar-refractivity contribution in [1.29, 1.82) is 0 Å². The molecule has 0 heterocycles. The van der Waals surface area contributed by atoms with Gasteiger partial charge in [-0.25, -0.2) is 0 Å². The van der Waals surface area contributed by atoms with Crippen LogP contribution in [0.3, 0.4) is 0 Å². The quantitative estimate of drug-likeness (QED) is 0.708. The summed E-state index contributed by atoms with van der Waals surface area (Å²) in [6.07, 6.45) is 2.15. The van der Waals surface area contributed by atoms with E-state index in [-0.39, 0.29) is 6.10 Å². The molecule has 1 rings (SSSR count). The summed E-state index contributed by atoms with van der Waals surface area (Å²) in [5, 5.41) is 9.30. The molecule has 0 aliphatic rings. The number of nitrogens with one attached hydrogen (secondary N) is 1. The van der Waals surface area contributed by atoms with Crippen LogP contribution in [0.1, 0.15) is 51.7 Å². The van der Waals surface area contributed by atoms with Crippen LogP contribution in [0.4, 0.5) is 0 Å². The minimum atomic E-state index is -1.04. The van der Waals surface area contributed by atoms with E-state index in [4.69, 9.17) is 4.84 Å². The van der Waals surface area contributed by atoms with Gasteiger partial charge in [0.05, 0.1) is 0 Å². The van der Waals surface area contributed by atoms with Gasteiger partial charge in [0.2, 0.25) is 0 Å². The van der Waals surface area contributed by atoms with E-state index >= 15 is 0 Å². The summed E-state index contributed by atoms with van der Waals surface area (Å²) in [6.45, 7) is 5.59. The molecule has 0 aliphatic heterocycles. The van der Waals surface area contributed by atoms with E-state index < -0.39 is 11.5 Å². The highest BCUT2D eigenvalue weighted by atomic mass is 16.7. The van der Waals surface area contributed by atoms with Crippen LogP contribution < -0.4 is 5.48 Å². The third-order valence-electron chi connectivity index (χ3n) is 3.23. The summed E-state index contributed by atoms with van der Waals surface area (Å²) < 4.78 is 0. The SMILES string of the molecule is CCCCC(C)(NOC(C)c1ccccc1)C(=O)O. The second kappa shape index (κ2) is 7.26. The predicted octanol–water partition coefficient (Wildman–Crippen LogP) is 3.30. The molecule has 0 spiro atoms. The maximum absolute atomic E-state index is 11.3. The molecule has 0 saturated carbocycles. The highest BCUT2D eigenvalue weighted by Gasteiger charge is 2.33. The summed E-state index contributed by atoms with van der Waals surface area (Å²) in [7, 11) is 0. The zero-order chi connectivity index (χ0) is 14.3. The van der Waals surface area contributed by atoms with Crippen LogP contribution in [-0.2, 0) is 9.63 Å². The molecule has 19 heavy (non-hydrogen) atoms. The average Bonchev–Trinajstić information content (AvgIpc) is 2.43. The minimum Gasteiger partial charge on any atom is -0.480 e. The van der Waals surface area contributed by atoms with Crippen LogP contribution >= 0.6 is 0 Å². The van der Waals surface area contributed by atoms with Crippen molar-refractivity contribution in [3.05, 3.63) is 35.9 Å². The molecule has 0 bridgehead atoms. The molecule has 106 valence electrons. The lowest BCUT2D eigenvalue weighted by Crippen LogP contribution is -2.49. The van der Waals surface area contributed by atoms with Gasteiger partial charge in [-0.3, -0.25) is 9.63 Å². The molecule has 0 aromatic heterocycles. The van der Waals surface area contributed by atoms with Gasteiger partial charge in [0.15, 0.2) is 0 Å². The second-order valence-electron chi connectivity index (χ2n) is 5.01. The Morgan fingerprint density at radius 1 is 1.42 bits per heavy atom. The third-order valence-corrected chi connectivity index (χ3v) is 3.23. The Bertz CT molecular complexity index is 394. The first kappa shape index (κ1) is 15.7. The zero-order valence-corrected chi connectivity index (χ0v) is 11.8. The van der Waals surface area contributed by atoms with Crippen LogP contribution in [0, 0.1) is 0 Å². The summed E-state index contributed by atoms with van der Waals surface area (Å²) >= 11 is 0. The zero-order valence-electron chi connectivity index (χ0n) is 11.8. The Morgan fingerprint density at radius 2 is 2.05 bits per heavy atom. The van der Waals surface area contributed by atoms with Gasteiger partial charge in [-0.2, -0.15) is 5.48 Å². The van der Waals surface area contributed by atoms with Crippen LogP contribution in [0.5, 0.6) is 0 Å². The molecule has 1 aromatic rings. The van der Waals surface area contributed by atoms with E-state index in [9.17, 15) is 9.90 Å². The fourth-order valence-electron chi connectivity index (χ4n) is 1.74. The van der Waals surface area contributed by atoms with Crippen molar-refractivity contribution in [2.45, 2.75) is 51.7 Å². The number of benzene rings is 1. The molecule has 0 fully saturated rings. The molecule has 4 heteroatoms.